The molecule has 16 heavy (non-hydrogen) atoms. The van der Waals surface area contributed by atoms with Crippen LogP contribution in [0.3, 0.4) is 0 Å². The maximum atomic E-state index is 9.31. The first kappa shape index (κ1) is 13.9. The molecule has 0 bridgehead atoms. The number of aliphatic hydroxyl groups excluding tert-OH is 1. The minimum absolute atomic E-state index is 0.256. The second kappa shape index (κ2) is 7.20. The van der Waals surface area contributed by atoms with Crippen molar-refractivity contribution < 1.29 is 9.84 Å². The summed E-state index contributed by atoms with van der Waals surface area (Å²) >= 11 is 5.12. The van der Waals surface area contributed by atoms with E-state index in [1.165, 1.54) is 0 Å². The van der Waals surface area contributed by atoms with Gasteiger partial charge in [-0.3, -0.25) is 0 Å². The van der Waals surface area contributed by atoms with E-state index in [0.717, 1.165) is 16.0 Å². The molecule has 0 spiro atoms. The fourth-order valence-electron chi connectivity index (χ4n) is 1.09. The Morgan fingerprint density at radius 3 is 2.81 bits per heavy atom. The average molecular weight is 305 g/mol. The highest BCUT2D eigenvalue weighted by atomic mass is 79.9. The van der Waals surface area contributed by atoms with Crippen LogP contribution in [0.4, 0.5) is 0 Å². The molecule has 0 amide bonds. The van der Waals surface area contributed by atoms with Gasteiger partial charge in [-0.1, -0.05) is 28.9 Å². The largest absolute Gasteiger partial charge is 0.493 e. The Morgan fingerprint density at radius 1 is 1.44 bits per heavy atom. The number of ether oxygens (including phenoxy) is 1. The molecule has 0 aliphatic rings. The fourth-order valence-corrected chi connectivity index (χ4v) is 2.30. The Labute approximate surface area is 110 Å². The van der Waals surface area contributed by atoms with Crippen molar-refractivity contribution in [3.05, 3.63) is 28.7 Å². The van der Waals surface area contributed by atoms with Crippen LogP contribution in [0.15, 0.2) is 28.7 Å². The van der Waals surface area contributed by atoms with Crippen molar-refractivity contribution in [2.45, 2.75) is 25.2 Å². The third-order valence-electron chi connectivity index (χ3n) is 2.21. The quantitative estimate of drug-likeness (QED) is 0.818. The Bertz CT molecular complexity index is 318. The van der Waals surface area contributed by atoms with Crippen LogP contribution in [0.1, 0.15) is 13.8 Å². The summed E-state index contributed by atoms with van der Waals surface area (Å²) in [6.45, 7) is 4.50. The number of thioether (sulfide) groups is 1. The van der Waals surface area contributed by atoms with Gasteiger partial charge in [0.15, 0.2) is 0 Å². The van der Waals surface area contributed by atoms with E-state index >= 15 is 0 Å². The molecular weight excluding hydrogens is 288 g/mol. The van der Waals surface area contributed by atoms with Crippen LogP contribution in [-0.4, -0.2) is 28.8 Å². The minimum atomic E-state index is -0.268. The lowest BCUT2D eigenvalue weighted by molar-refractivity contribution is 0.196. The zero-order valence-electron chi connectivity index (χ0n) is 9.52. The van der Waals surface area contributed by atoms with Crippen LogP contribution in [-0.2, 0) is 0 Å². The number of benzene rings is 1. The molecule has 0 fully saturated rings. The second-order valence-corrected chi connectivity index (χ2v) is 6.02. The van der Waals surface area contributed by atoms with E-state index in [1.54, 1.807) is 11.8 Å². The van der Waals surface area contributed by atoms with Gasteiger partial charge in [0.1, 0.15) is 5.75 Å². The molecule has 0 heterocycles. The molecule has 0 saturated carbocycles. The van der Waals surface area contributed by atoms with Crippen LogP contribution >= 0.6 is 27.7 Å². The highest BCUT2D eigenvalue weighted by Gasteiger charge is 2.08. The van der Waals surface area contributed by atoms with Crippen LogP contribution in [0, 0.1) is 0 Å². The lowest BCUT2D eigenvalue weighted by Crippen LogP contribution is -2.17. The first-order chi connectivity index (χ1) is 7.59. The summed E-state index contributed by atoms with van der Waals surface area (Å²) in [6.07, 6.45) is -0.268. The molecule has 0 aromatic heterocycles. The molecule has 1 aromatic rings. The molecule has 2 unspecified atom stereocenters. The highest BCUT2D eigenvalue weighted by Crippen LogP contribution is 2.19. The van der Waals surface area contributed by atoms with Crippen molar-refractivity contribution in [2.75, 3.05) is 12.4 Å². The van der Waals surface area contributed by atoms with Gasteiger partial charge in [0.25, 0.3) is 0 Å². The van der Waals surface area contributed by atoms with Crippen LogP contribution < -0.4 is 4.74 Å². The molecular formula is C12H17BrO2S. The topological polar surface area (TPSA) is 29.5 Å². The van der Waals surface area contributed by atoms with E-state index in [-0.39, 0.29) is 11.4 Å². The third kappa shape index (κ3) is 5.23. The van der Waals surface area contributed by atoms with Crippen molar-refractivity contribution >= 4 is 27.7 Å². The summed E-state index contributed by atoms with van der Waals surface area (Å²) in [4.78, 5) is 0. The van der Waals surface area contributed by atoms with Crippen LogP contribution in [0.2, 0.25) is 0 Å². The Balaban J connectivity index is 2.21. The zero-order valence-corrected chi connectivity index (χ0v) is 11.9. The Kier molecular flexibility index (Phi) is 6.24. The first-order valence-electron chi connectivity index (χ1n) is 5.27. The number of rotatable bonds is 6. The van der Waals surface area contributed by atoms with Crippen molar-refractivity contribution in [3.8, 4) is 5.75 Å². The van der Waals surface area contributed by atoms with Gasteiger partial charge >= 0.3 is 0 Å². The summed E-state index contributed by atoms with van der Waals surface area (Å²) in [5.41, 5.74) is 0. The zero-order chi connectivity index (χ0) is 12.0. The summed E-state index contributed by atoms with van der Waals surface area (Å²) in [5.74, 6) is 1.76. The maximum Gasteiger partial charge on any atom is 0.120 e. The molecule has 0 radical (unpaired) electrons. The molecule has 0 saturated heterocycles. The molecule has 0 aliphatic heterocycles. The molecule has 1 aromatic carbocycles. The van der Waals surface area contributed by atoms with Crippen molar-refractivity contribution in [3.63, 3.8) is 0 Å². The van der Waals surface area contributed by atoms with Gasteiger partial charge in [0.2, 0.25) is 0 Å². The van der Waals surface area contributed by atoms with Gasteiger partial charge in [-0.15, -0.1) is 0 Å². The van der Waals surface area contributed by atoms with E-state index in [4.69, 9.17) is 4.74 Å². The van der Waals surface area contributed by atoms with E-state index in [9.17, 15) is 5.11 Å². The summed E-state index contributed by atoms with van der Waals surface area (Å²) < 4.78 is 6.61. The predicted molar refractivity (Wildman–Crippen MR) is 73.2 cm³/mol. The van der Waals surface area contributed by atoms with E-state index in [1.807, 2.05) is 38.1 Å². The predicted octanol–water partition coefficient (Wildman–Crippen LogP) is 3.33. The Hall–Kier alpha value is -0.190. The first-order valence-corrected chi connectivity index (χ1v) is 7.12. The standard InChI is InChI=1S/C12H17BrO2S/c1-9(14)10(2)16-7-6-15-12-5-3-4-11(13)8-12/h3-5,8-10,14H,6-7H2,1-2H3. The van der Waals surface area contributed by atoms with Crippen LogP contribution in [0.5, 0.6) is 5.75 Å². The van der Waals surface area contributed by atoms with Crippen molar-refractivity contribution in [1.82, 2.24) is 0 Å². The monoisotopic (exact) mass is 304 g/mol. The van der Waals surface area contributed by atoms with Gasteiger partial charge < -0.3 is 9.84 Å². The number of hydrogen-bond donors (Lipinski definition) is 1. The van der Waals surface area contributed by atoms with Crippen LogP contribution in [0.25, 0.3) is 0 Å². The molecule has 1 N–H and O–H groups in total. The number of hydrogen-bond acceptors (Lipinski definition) is 3. The molecule has 1 rings (SSSR count). The number of aliphatic hydroxyl groups is 1. The maximum absolute atomic E-state index is 9.31. The van der Waals surface area contributed by atoms with Gasteiger partial charge in [-0.25, -0.2) is 0 Å². The highest BCUT2D eigenvalue weighted by molar-refractivity contribution is 9.10. The lowest BCUT2D eigenvalue weighted by Gasteiger charge is -2.14. The molecule has 90 valence electrons. The summed E-state index contributed by atoms with van der Waals surface area (Å²) in [6, 6.07) is 7.80. The van der Waals surface area contributed by atoms with E-state index in [2.05, 4.69) is 15.9 Å². The molecule has 2 nitrogen and oxygen atoms in total. The van der Waals surface area contributed by atoms with Crippen molar-refractivity contribution in [2.24, 2.45) is 0 Å². The normalized spacial score (nSPS) is 14.5. The number of halogens is 1. The van der Waals surface area contributed by atoms with Gasteiger partial charge in [-0.2, -0.15) is 11.8 Å². The lowest BCUT2D eigenvalue weighted by atomic mass is 10.3. The molecule has 4 heteroatoms. The second-order valence-electron chi connectivity index (χ2n) is 3.62. The van der Waals surface area contributed by atoms with Gasteiger partial charge in [-0.05, 0) is 25.1 Å². The fraction of sp³-hybridized carbons (Fsp3) is 0.500. The SMILES string of the molecule is CC(O)C(C)SCCOc1cccc(Br)c1. The van der Waals surface area contributed by atoms with Gasteiger partial charge in [0.05, 0.1) is 12.7 Å². The van der Waals surface area contributed by atoms with E-state index < -0.39 is 0 Å². The molecule has 0 aliphatic carbocycles. The summed E-state index contributed by atoms with van der Waals surface area (Å²) in [5, 5.41) is 9.56. The van der Waals surface area contributed by atoms with Crippen molar-refractivity contribution in [1.29, 1.82) is 0 Å². The van der Waals surface area contributed by atoms with E-state index in [0.29, 0.717) is 6.61 Å². The summed E-state index contributed by atoms with van der Waals surface area (Å²) in [7, 11) is 0. The Morgan fingerprint density at radius 2 is 2.19 bits per heavy atom. The average Bonchev–Trinajstić information content (AvgIpc) is 2.24. The smallest absolute Gasteiger partial charge is 0.120 e. The molecule has 2 atom stereocenters. The third-order valence-corrected chi connectivity index (χ3v) is 4.02. The minimum Gasteiger partial charge on any atom is -0.493 e. The van der Waals surface area contributed by atoms with Gasteiger partial charge in [0, 0.05) is 15.5 Å².